The standard InChI is InChI=1S/C5HCl3IN/c6-2-1-3(7)5(9)10-4(2)8/h1H. The second-order valence-electron chi connectivity index (χ2n) is 1.53. The molecule has 0 saturated carbocycles. The first kappa shape index (κ1) is 8.84. The van der Waals surface area contributed by atoms with Crippen molar-refractivity contribution in [1.29, 1.82) is 0 Å². The molecule has 1 aromatic rings. The van der Waals surface area contributed by atoms with Crippen LogP contribution >= 0.6 is 57.4 Å². The number of hydrogen-bond acceptors (Lipinski definition) is 1. The monoisotopic (exact) mass is 307 g/mol. The Labute approximate surface area is 86.8 Å². The Bertz CT molecular complexity index is 213. The van der Waals surface area contributed by atoms with Gasteiger partial charge in [0.25, 0.3) is 0 Å². The lowest BCUT2D eigenvalue weighted by molar-refractivity contribution is 1.27. The van der Waals surface area contributed by atoms with Gasteiger partial charge in [-0.15, -0.1) is 0 Å². The van der Waals surface area contributed by atoms with Crippen molar-refractivity contribution < 1.29 is 0 Å². The molecule has 0 amide bonds. The molecule has 0 spiro atoms. The lowest BCUT2D eigenvalue weighted by atomic mass is 10.5. The van der Waals surface area contributed by atoms with Gasteiger partial charge < -0.3 is 0 Å². The maximum atomic E-state index is 5.67. The Morgan fingerprint density at radius 3 is 2.30 bits per heavy atom. The van der Waals surface area contributed by atoms with E-state index in [1.807, 2.05) is 22.6 Å². The minimum Gasteiger partial charge on any atom is -0.227 e. The molecule has 5 heteroatoms. The summed E-state index contributed by atoms with van der Waals surface area (Å²) < 4.78 is 0.661. The van der Waals surface area contributed by atoms with Crippen LogP contribution in [0.15, 0.2) is 6.07 Å². The van der Waals surface area contributed by atoms with Gasteiger partial charge in [-0.1, -0.05) is 34.8 Å². The Kier molecular flexibility index (Phi) is 3.03. The van der Waals surface area contributed by atoms with Gasteiger partial charge >= 0.3 is 0 Å². The topological polar surface area (TPSA) is 12.9 Å². The van der Waals surface area contributed by atoms with Crippen molar-refractivity contribution in [2.45, 2.75) is 0 Å². The van der Waals surface area contributed by atoms with Gasteiger partial charge in [0.05, 0.1) is 10.0 Å². The van der Waals surface area contributed by atoms with Crippen LogP contribution in [0.5, 0.6) is 0 Å². The zero-order valence-corrected chi connectivity index (χ0v) is 8.96. The minimum atomic E-state index is 0.287. The highest BCUT2D eigenvalue weighted by atomic mass is 127. The Morgan fingerprint density at radius 2 is 1.80 bits per heavy atom. The Hall–Kier alpha value is 0.750. The molecule has 1 rings (SSSR count). The van der Waals surface area contributed by atoms with Crippen molar-refractivity contribution in [3.8, 4) is 0 Å². The van der Waals surface area contributed by atoms with Crippen LogP contribution in [0.2, 0.25) is 15.2 Å². The van der Waals surface area contributed by atoms with E-state index in [9.17, 15) is 0 Å². The van der Waals surface area contributed by atoms with Gasteiger partial charge in [-0.25, -0.2) is 4.98 Å². The normalized spacial score (nSPS) is 10.0. The fourth-order valence-electron chi connectivity index (χ4n) is 0.423. The molecule has 1 heterocycles. The lowest BCUT2D eigenvalue weighted by Gasteiger charge is -1.96. The number of nitrogens with zero attached hydrogens (tertiary/aromatic N) is 1. The first-order chi connectivity index (χ1) is 4.61. The molecule has 0 aromatic carbocycles. The summed E-state index contributed by atoms with van der Waals surface area (Å²) in [6.07, 6.45) is 0. The molecule has 1 nitrogen and oxygen atoms in total. The van der Waals surface area contributed by atoms with Gasteiger partial charge in [0.1, 0.15) is 8.85 Å². The van der Waals surface area contributed by atoms with Crippen LogP contribution in [0.25, 0.3) is 0 Å². The van der Waals surface area contributed by atoms with Crippen LogP contribution in [0, 0.1) is 3.70 Å². The van der Waals surface area contributed by atoms with Crippen molar-refractivity contribution in [1.82, 2.24) is 4.98 Å². The van der Waals surface area contributed by atoms with E-state index in [1.54, 1.807) is 6.07 Å². The summed E-state index contributed by atoms with van der Waals surface area (Å²) in [4.78, 5) is 3.86. The summed E-state index contributed by atoms with van der Waals surface area (Å²) in [6.45, 7) is 0. The SMILES string of the molecule is Clc1cc(Cl)c(I)nc1Cl. The van der Waals surface area contributed by atoms with Crippen molar-refractivity contribution in [2.24, 2.45) is 0 Å². The molecule has 0 radical (unpaired) electrons. The lowest BCUT2D eigenvalue weighted by Crippen LogP contribution is -1.82. The van der Waals surface area contributed by atoms with Crippen molar-refractivity contribution in [2.75, 3.05) is 0 Å². The van der Waals surface area contributed by atoms with E-state index >= 15 is 0 Å². The van der Waals surface area contributed by atoms with Gasteiger partial charge in [-0.05, 0) is 28.7 Å². The number of halogens is 4. The van der Waals surface area contributed by atoms with Gasteiger partial charge in [-0.3, -0.25) is 0 Å². The number of rotatable bonds is 0. The number of pyridine rings is 1. The zero-order chi connectivity index (χ0) is 7.72. The molecule has 0 fully saturated rings. The largest absolute Gasteiger partial charge is 0.227 e. The van der Waals surface area contributed by atoms with E-state index in [1.165, 1.54) is 0 Å². The van der Waals surface area contributed by atoms with E-state index in [2.05, 4.69) is 4.98 Å². The molecule has 0 aliphatic rings. The Balaban J connectivity index is 3.28. The molecular weight excluding hydrogens is 307 g/mol. The highest BCUT2D eigenvalue weighted by molar-refractivity contribution is 14.1. The molecule has 0 aliphatic carbocycles. The summed E-state index contributed by atoms with van der Waals surface area (Å²) in [5.74, 6) is 0. The summed E-state index contributed by atoms with van der Waals surface area (Å²) in [5.41, 5.74) is 0. The van der Waals surface area contributed by atoms with Gasteiger partial charge in [-0.2, -0.15) is 0 Å². The van der Waals surface area contributed by atoms with Crippen molar-refractivity contribution in [3.63, 3.8) is 0 Å². The highest BCUT2D eigenvalue weighted by Gasteiger charge is 2.03. The van der Waals surface area contributed by atoms with E-state index < -0.39 is 0 Å². The molecule has 0 saturated heterocycles. The fourth-order valence-corrected chi connectivity index (χ4v) is 1.46. The van der Waals surface area contributed by atoms with Crippen molar-refractivity contribution in [3.05, 3.63) is 25.0 Å². The minimum absolute atomic E-state index is 0.287. The smallest absolute Gasteiger partial charge is 0.148 e. The molecule has 0 unspecified atom stereocenters. The molecule has 1 aromatic heterocycles. The average Bonchev–Trinajstić information content (AvgIpc) is 1.84. The summed E-state index contributed by atoms with van der Waals surface area (Å²) >= 11 is 18.8. The number of aromatic nitrogens is 1. The van der Waals surface area contributed by atoms with Crippen LogP contribution < -0.4 is 0 Å². The third-order valence-electron chi connectivity index (χ3n) is 0.844. The maximum absolute atomic E-state index is 5.67. The summed E-state index contributed by atoms with van der Waals surface area (Å²) in [5, 5.41) is 1.19. The average molecular weight is 308 g/mol. The van der Waals surface area contributed by atoms with Crippen LogP contribution in [-0.2, 0) is 0 Å². The van der Waals surface area contributed by atoms with Crippen molar-refractivity contribution >= 4 is 57.4 Å². The molecule has 0 bridgehead atoms. The number of hydrogen-bond donors (Lipinski definition) is 0. The first-order valence-corrected chi connectivity index (χ1v) is 4.49. The Morgan fingerprint density at radius 1 is 1.20 bits per heavy atom. The molecule has 10 heavy (non-hydrogen) atoms. The summed E-state index contributed by atoms with van der Waals surface area (Å²) in [7, 11) is 0. The molecule has 54 valence electrons. The first-order valence-electron chi connectivity index (χ1n) is 2.28. The molecular formula is C5HCl3IN. The third kappa shape index (κ3) is 1.87. The molecule has 0 aliphatic heterocycles. The van der Waals surface area contributed by atoms with Crippen LogP contribution in [0.1, 0.15) is 0 Å². The second kappa shape index (κ2) is 3.43. The van der Waals surface area contributed by atoms with Gasteiger partial charge in [0.2, 0.25) is 0 Å². The van der Waals surface area contributed by atoms with E-state index in [0.29, 0.717) is 13.7 Å². The maximum Gasteiger partial charge on any atom is 0.148 e. The van der Waals surface area contributed by atoms with Crippen LogP contribution in [0.4, 0.5) is 0 Å². The van der Waals surface area contributed by atoms with Crippen LogP contribution in [-0.4, -0.2) is 4.98 Å². The predicted molar refractivity (Wildman–Crippen MR) is 52.0 cm³/mol. The predicted octanol–water partition coefficient (Wildman–Crippen LogP) is 3.65. The van der Waals surface area contributed by atoms with E-state index in [4.69, 9.17) is 34.8 Å². The fraction of sp³-hybridized carbons (Fsp3) is 0. The van der Waals surface area contributed by atoms with Gasteiger partial charge in [0, 0.05) is 0 Å². The second-order valence-corrected chi connectivity index (χ2v) is 3.73. The zero-order valence-electron chi connectivity index (χ0n) is 4.54. The molecule has 0 atom stereocenters. The summed E-state index contributed by atoms with van der Waals surface area (Å²) in [6, 6.07) is 1.57. The van der Waals surface area contributed by atoms with E-state index in [-0.39, 0.29) is 5.15 Å². The highest BCUT2D eigenvalue weighted by Crippen LogP contribution is 2.26. The quantitative estimate of drug-likeness (QED) is 0.527. The van der Waals surface area contributed by atoms with Crippen LogP contribution in [0.3, 0.4) is 0 Å². The molecule has 0 N–H and O–H groups in total. The van der Waals surface area contributed by atoms with Gasteiger partial charge in [0.15, 0.2) is 0 Å². The van der Waals surface area contributed by atoms with E-state index in [0.717, 1.165) is 0 Å². The third-order valence-corrected chi connectivity index (χ3v) is 2.95.